The van der Waals surface area contributed by atoms with Crippen molar-refractivity contribution in [3.8, 4) is 11.1 Å². The van der Waals surface area contributed by atoms with Gasteiger partial charge in [0, 0.05) is 0 Å². The van der Waals surface area contributed by atoms with E-state index >= 15 is 0 Å². The molecule has 1 atom stereocenters. The first kappa shape index (κ1) is 13.8. The number of hydrogen-bond donors (Lipinski definition) is 2. The van der Waals surface area contributed by atoms with Crippen molar-refractivity contribution in [3.63, 3.8) is 0 Å². The van der Waals surface area contributed by atoms with Crippen LogP contribution in [0.3, 0.4) is 0 Å². The number of benzene rings is 2. The molecule has 2 aromatic carbocycles. The van der Waals surface area contributed by atoms with Crippen LogP contribution in [0.2, 0.25) is 0 Å². The maximum absolute atomic E-state index is 10.8. The molecular formula is C16H15NO3. The topological polar surface area (TPSA) is 66.4 Å². The summed E-state index contributed by atoms with van der Waals surface area (Å²) in [6, 6.07) is 17.0. The quantitative estimate of drug-likeness (QED) is 0.820. The maximum Gasteiger partial charge on any atom is 0.405 e. The smallest absolute Gasteiger partial charge is 0.405 e. The van der Waals surface area contributed by atoms with E-state index in [0.717, 1.165) is 16.7 Å². The van der Waals surface area contributed by atoms with Crippen LogP contribution in [0, 0.1) is 0 Å². The highest BCUT2D eigenvalue weighted by Gasteiger charge is 2.10. The lowest BCUT2D eigenvalue weighted by Gasteiger charge is -2.10. The number of carboxylic acid groups (broad SMARTS) is 1. The summed E-state index contributed by atoms with van der Waals surface area (Å²) >= 11 is 0. The molecule has 0 saturated carbocycles. The summed E-state index contributed by atoms with van der Waals surface area (Å²) < 4.78 is 0. The van der Waals surface area contributed by atoms with E-state index in [4.69, 9.17) is 5.11 Å². The minimum Gasteiger partial charge on any atom is -0.465 e. The van der Waals surface area contributed by atoms with E-state index in [1.54, 1.807) is 0 Å². The molecule has 0 spiro atoms. The van der Waals surface area contributed by atoms with E-state index in [9.17, 15) is 9.59 Å². The van der Waals surface area contributed by atoms with E-state index in [1.807, 2.05) is 54.6 Å². The van der Waals surface area contributed by atoms with Gasteiger partial charge in [-0.25, -0.2) is 4.79 Å². The zero-order valence-electron chi connectivity index (χ0n) is 10.8. The molecule has 2 aromatic rings. The second-order valence-electron chi connectivity index (χ2n) is 4.46. The Labute approximate surface area is 117 Å². The maximum atomic E-state index is 10.8. The lowest BCUT2D eigenvalue weighted by Crippen LogP contribution is -2.36. The van der Waals surface area contributed by atoms with E-state index in [2.05, 4.69) is 5.32 Å². The number of hydrogen-bond acceptors (Lipinski definition) is 2. The molecule has 2 N–H and O–H groups in total. The zero-order chi connectivity index (χ0) is 14.4. The third-order valence-electron chi connectivity index (χ3n) is 2.99. The van der Waals surface area contributed by atoms with Crippen LogP contribution in [-0.4, -0.2) is 23.5 Å². The fourth-order valence-corrected chi connectivity index (χ4v) is 2.01. The molecule has 4 nitrogen and oxygen atoms in total. The predicted octanol–water partition coefficient (Wildman–Crippen LogP) is 2.73. The zero-order valence-corrected chi connectivity index (χ0v) is 10.8. The Morgan fingerprint density at radius 3 is 2.20 bits per heavy atom. The van der Waals surface area contributed by atoms with Crippen molar-refractivity contribution in [1.29, 1.82) is 0 Å². The minimum atomic E-state index is -1.19. The third-order valence-corrected chi connectivity index (χ3v) is 2.99. The van der Waals surface area contributed by atoms with Gasteiger partial charge in [0.25, 0.3) is 0 Å². The van der Waals surface area contributed by atoms with Crippen LogP contribution in [0.4, 0.5) is 4.79 Å². The number of carbonyl (C=O) groups excluding carboxylic acids is 1. The second kappa shape index (κ2) is 6.52. The Morgan fingerprint density at radius 2 is 1.65 bits per heavy atom. The standard InChI is InChI=1S/C16H15NO3/c18-11-15(17-16(19)20)10-12-6-8-14(9-7-12)13-4-2-1-3-5-13/h1-9,11,15,17H,10H2,(H,19,20). The van der Waals surface area contributed by atoms with Crippen molar-refractivity contribution in [2.45, 2.75) is 12.5 Å². The first-order valence-corrected chi connectivity index (χ1v) is 6.28. The van der Waals surface area contributed by atoms with Gasteiger partial charge in [-0.15, -0.1) is 0 Å². The van der Waals surface area contributed by atoms with Gasteiger partial charge in [0.05, 0.1) is 6.04 Å². The van der Waals surface area contributed by atoms with E-state index < -0.39 is 12.1 Å². The fourth-order valence-electron chi connectivity index (χ4n) is 2.01. The van der Waals surface area contributed by atoms with Gasteiger partial charge in [0.1, 0.15) is 6.29 Å². The van der Waals surface area contributed by atoms with Gasteiger partial charge in [0.15, 0.2) is 0 Å². The highest BCUT2D eigenvalue weighted by molar-refractivity contribution is 5.71. The van der Waals surface area contributed by atoms with Crippen LogP contribution >= 0.6 is 0 Å². The average Bonchev–Trinajstić information content (AvgIpc) is 2.48. The lowest BCUT2D eigenvalue weighted by atomic mass is 10.0. The van der Waals surface area contributed by atoms with Crippen LogP contribution in [0.25, 0.3) is 11.1 Å². The van der Waals surface area contributed by atoms with Crippen molar-refractivity contribution < 1.29 is 14.7 Å². The Balaban J connectivity index is 2.08. The van der Waals surface area contributed by atoms with Gasteiger partial charge >= 0.3 is 6.09 Å². The van der Waals surface area contributed by atoms with E-state index in [0.29, 0.717) is 12.7 Å². The number of aldehydes is 1. The van der Waals surface area contributed by atoms with Gasteiger partial charge in [-0.2, -0.15) is 0 Å². The largest absolute Gasteiger partial charge is 0.465 e. The summed E-state index contributed by atoms with van der Waals surface area (Å²) in [4.78, 5) is 21.3. The normalized spacial score (nSPS) is 11.6. The van der Waals surface area contributed by atoms with Gasteiger partial charge in [-0.3, -0.25) is 0 Å². The molecule has 0 saturated heterocycles. The van der Waals surface area contributed by atoms with Crippen molar-refractivity contribution in [2.75, 3.05) is 0 Å². The highest BCUT2D eigenvalue weighted by atomic mass is 16.4. The number of amides is 1. The van der Waals surface area contributed by atoms with Crippen molar-refractivity contribution >= 4 is 12.4 Å². The van der Waals surface area contributed by atoms with Gasteiger partial charge in [0.2, 0.25) is 0 Å². The SMILES string of the molecule is O=CC(Cc1ccc(-c2ccccc2)cc1)NC(=O)O. The molecule has 0 fully saturated rings. The first-order chi connectivity index (χ1) is 9.69. The molecular weight excluding hydrogens is 254 g/mol. The minimum absolute atomic E-state index is 0.352. The second-order valence-corrected chi connectivity index (χ2v) is 4.46. The summed E-state index contributed by atoms with van der Waals surface area (Å²) in [6.07, 6.45) is -0.229. The number of rotatable bonds is 5. The van der Waals surface area contributed by atoms with Crippen LogP contribution in [0.5, 0.6) is 0 Å². The third kappa shape index (κ3) is 3.68. The van der Waals surface area contributed by atoms with Crippen LogP contribution in [0.15, 0.2) is 54.6 Å². The molecule has 1 amide bonds. The van der Waals surface area contributed by atoms with Gasteiger partial charge < -0.3 is 15.2 Å². The Hall–Kier alpha value is -2.62. The molecule has 0 bridgehead atoms. The Bertz CT molecular complexity index is 578. The van der Waals surface area contributed by atoms with E-state index in [1.165, 1.54) is 0 Å². The van der Waals surface area contributed by atoms with Crippen LogP contribution in [0.1, 0.15) is 5.56 Å². The Kier molecular flexibility index (Phi) is 4.50. The summed E-state index contributed by atoms with van der Waals surface area (Å²) in [5.74, 6) is 0. The van der Waals surface area contributed by atoms with Crippen molar-refractivity contribution in [3.05, 3.63) is 60.2 Å². The monoisotopic (exact) mass is 269 g/mol. The molecule has 2 rings (SSSR count). The molecule has 0 heterocycles. The van der Waals surface area contributed by atoms with Gasteiger partial charge in [-0.1, -0.05) is 54.6 Å². The molecule has 0 aliphatic rings. The molecule has 4 heteroatoms. The summed E-state index contributed by atoms with van der Waals surface area (Å²) in [5.41, 5.74) is 3.12. The molecule has 0 aliphatic heterocycles. The highest BCUT2D eigenvalue weighted by Crippen LogP contribution is 2.19. The van der Waals surface area contributed by atoms with Crippen LogP contribution < -0.4 is 5.32 Å². The van der Waals surface area contributed by atoms with E-state index in [-0.39, 0.29) is 0 Å². The van der Waals surface area contributed by atoms with Crippen molar-refractivity contribution in [1.82, 2.24) is 5.32 Å². The molecule has 0 radical (unpaired) electrons. The van der Waals surface area contributed by atoms with Gasteiger partial charge in [-0.05, 0) is 23.1 Å². The average molecular weight is 269 g/mol. The number of carbonyl (C=O) groups is 2. The summed E-state index contributed by atoms with van der Waals surface area (Å²) in [7, 11) is 0. The van der Waals surface area contributed by atoms with Crippen molar-refractivity contribution in [2.24, 2.45) is 0 Å². The van der Waals surface area contributed by atoms with Crippen LogP contribution in [-0.2, 0) is 11.2 Å². The first-order valence-electron chi connectivity index (χ1n) is 6.28. The summed E-state index contributed by atoms with van der Waals surface area (Å²) in [5, 5.41) is 10.8. The fraction of sp³-hybridized carbons (Fsp3) is 0.125. The number of nitrogens with one attached hydrogen (secondary N) is 1. The Morgan fingerprint density at radius 1 is 1.05 bits per heavy atom. The molecule has 0 aromatic heterocycles. The molecule has 102 valence electrons. The lowest BCUT2D eigenvalue weighted by molar-refractivity contribution is -0.109. The molecule has 1 unspecified atom stereocenters. The summed E-state index contributed by atoms with van der Waals surface area (Å²) in [6.45, 7) is 0. The molecule has 0 aliphatic carbocycles. The molecule has 20 heavy (non-hydrogen) atoms. The predicted molar refractivity (Wildman–Crippen MR) is 76.6 cm³/mol.